The van der Waals surface area contributed by atoms with Crippen molar-refractivity contribution in [1.82, 2.24) is 0 Å². The summed E-state index contributed by atoms with van der Waals surface area (Å²) in [5.41, 5.74) is 0. The van der Waals surface area contributed by atoms with Gasteiger partial charge in [0.05, 0.1) is 6.61 Å². The molecule has 0 aliphatic heterocycles. The number of ether oxygens (including phenoxy) is 1. The van der Waals surface area contributed by atoms with E-state index in [2.05, 4.69) is 6.92 Å². The fourth-order valence-corrected chi connectivity index (χ4v) is 4.88. The Morgan fingerprint density at radius 3 is 1.09 bits per heavy atom. The number of aliphatic hydroxyl groups excluding tert-OH is 1. The molecule has 0 unspecified atom stereocenters. The van der Waals surface area contributed by atoms with Crippen molar-refractivity contribution in [2.24, 2.45) is 0 Å². The number of carbonyl (C=O) groups excluding carboxylic acids is 1. The van der Waals surface area contributed by atoms with E-state index in [1.54, 1.807) is 0 Å². The number of unbranched alkanes of at least 4 members (excludes halogenated alkanes) is 25. The lowest BCUT2D eigenvalue weighted by Gasteiger charge is -2.05. The lowest BCUT2D eigenvalue weighted by atomic mass is 10.0. The largest absolute Gasteiger partial charge is 0.466 e. The van der Waals surface area contributed by atoms with Crippen LogP contribution in [-0.4, -0.2) is 24.3 Å². The van der Waals surface area contributed by atoms with Crippen LogP contribution in [0.15, 0.2) is 0 Å². The van der Waals surface area contributed by atoms with E-state index in [1.807, 2.05) is 0 Å². The van der Waals surface area contributed by atoms with E-state index in [0.29, 0.717) is 19.4 Å². The molecule has 0 amide bonds. The Bertz CT molecular complexity index is 396. The summed E-state index contributed by atoms with van der Waals surface area (Å²) >= 11 is 0. The molecule has 0 bridgehead atoms. The second-order valence-electron chi connectivity index (χ2n) is 10.9. The molecule has 0 radical (unpaired) electrons. The van der Waals surface area contributed by atoms with Crippen molar-refractivity contribution in [2.75, 3.05) is 13.2 Å². The van der Waals surface area contributed by atoms with Crippen molar-refractivity contribution in [3.63, 3.8) is 0 Å². The van der Waals surface area contributed by atoms with E-state index in [4.69, 9.17) is 9.84 Å². The zero-order valence-electron chi connectivity index (χ0n) is 24.0. The third-order valence-electron chi connectivity index (χ3n) is 7.30. The minimum absolute atomic E-state index is 0.0722. The summed E-state index contributed by atoms with van der Waals surface area (Å²) < 4.78 is 5.15. The summed E-state index contributed by atoms with van der Waals surface area (Å²) in [6.45, 7) is 2.93. The summed E-state index contributed by atoms with van der Waals surface area (Å²) in [7, 11) is 0. The van der Waals surface area contributed by atoms with Gasteiger partial charge in [0.1, 0.15) is 0 Å². The number of rotatable bonds is 30. The zero-order valence-corrected chi connectivity index (χ0v) is 24.0. The highest BCUT2D eigenvalue weighted by molar-refractivity contribution is 5.69. The van der Waals surface area contributed by atoms with Gasteiger partial charge < -0.3 is 9.84 Å². The van der Waals surface area contributed by atoms with E-state index in [9.17, 15) is 4.79 Å². The van der Waals surface area contributed by atoms with Gasteiger partial charge in [-0.05, 0) is 19.3 Å². The van der Waals surface area contributed by atoms with Gasteiger partial charge in [-0.1, -0.05) is 161 Å². The highest BCUT2D eigenvalue weighted by atomic mass is 16.5. The van der Waals surface area contributed by atoms with Crippen LogP contribution in [0.2, 0.25) is 0 Å². The van der Waals surface area contributed by atoms with Gasteiger partial charge in [0.2, 0.25) is 0 Å². The molecule has 3 heteroatoms. The van der Waals surface area contributed by atoms with Crippen molar-refractivity contribution in [2.45, 2.75) is 187 Å². The molecule has 0 heterocycles. The summed E-state index contributed by atoms with van der Waals surface area (Å²) in [5, 5.41) is 8.70. The predicted molar refractivity (Wildman–Crippen MR) is 153 cm³/mol. The molecule has 0 spiro atoms. The third kappa shape index (κ3) is 31.4. The zero-order chi connectivity index (χ0) is 25.5. The molecule has 0 atom stereocenters. The van der Waals surface area contributed by atoms with Gasteiger partial charge in [0.15, 0.2) is 0 Å². The first-order valence-electron chi connectivity index (χ1n) is 16.1. The highest BCUT2D eigenvalue weighted by Gasteiger charge is 2.02. The van der Waals surface area contributed by atoms with Gasteiger partial charge in [-0.3, -0.25) is 4.79 Å². The van der Waals surface area contributed by atoms with Crippen LogP contribution in [0.25, 0.3) is 0 Å². The predicted octanol–water partition coefficient (Wildman–Crippen LogP) is 10.5. The smallest absolute Gasteiger partial charge is 0.305 e. The number of hydrogen-bond donors (Lipinski definition) is 1. The van der Waals surface area contributed by atoms with Crippen LogP contribution in [-0.2, 0) is 9.53 Å². The first-order chi connectivity index (χ1) is 17.3. The molecule has 0 rings (SSSR count). The van der Waals surface area contributed by atoms with E-state index in [0.717, 1.165) is 19.3 Å². The Kier molecular flexibility index (Phi) is 30.9. The second kappa shape index (κ2) is 31.5. The molecular formula is C32H64O3. The summed E-state index contributed by atoms with van der Waals surface area (Å²) in [6.07, 6.45) is 36.9. The van der Waals surface area contributed by atoms with Crippen molar-refractivity contribution in [3.05, 3.63) is 0 Å². The summed E-state index contributed by atoms with van der Waals surface area (Å²) in [4.78, 5) is 11.6. The molecule has 0 aromatic rings. The van der Waals surface area contributed by atoms with Crippen molar-refractivity contribution in [1.29, 1.82) is 0 Å². The fourth-order valence-electron chi connectivity index (χ4n) is 4.88. The van der Waals surface area contributed by atoms with E-state index in [1.165, 1.54) is 148 Å². The van der Waals surface area contributed by atoms with Gasteiger partial charge in [-0.25, -0.2) is 0 Å². The van der Waals surface area contributed by atoms with Crippen LogP contribution in [0.4, 0.5) is 0 Å². The van der Waals surface area contributed by atoms with Crippen LogP contribution in [0.3, 0.4) is 0 Å². The molecule has 0 saturated carbocycles. The Hall–Kier alpha value is -0.570. The summed E-state index contributed by atoms with van der Waals surface area (Å²) in [6, 6.07) is 0. The number of esters is 1. The minimum Gasteiger partial charge on any atom is -0.466 e. The van der Waals surface area contributed by atoms with Gasteiger partial charge in [0, 0.05) is 13.0 Å². The molecule has 210 valence electrons. The minimum atomic E-state index is -0.0722. The molecule has 0 aliphatic carbocycles. The third-order valence-corrected chi connectivity index (χ3v) is 7.30. The Morgan fingerprint density at radius 1 is 0.457 bits per heavy atom. The van der Waals surface area contributed by atoms with Crippen molar-refractivity contribution >= 4 is 5.97 Å². The normalized spacial score (nSPS) is 11.3. The first-order valence-corrected chi connectivity index (χ1v) is 16.1. The Labute approximate surface area is 220 Å². The SMILES string of the molecule is CCCCCCCCCCCCCCCCCCCCCCCCCCCC(=O)OCCCCO. The lowest BCUT2D eigenvalue weighted by molar-refractivity contribution is -0.143. The average Bonchev–Trinajstić information content (AvgIpc) is 2.86. The van der Waals surface area contributed by atoms with Crippen LogP contribution < -0.4 is 0 Å². The molecule has 0 aromatic carbocycles. The average molecular weight is 497 g/mol. The molecule has 0 aromatic heterocycles. The molecule has 0 saturated heterocycles. The monoisotopic (exact) mass is 496 g/mol. The van der Waals surface area contributed by atoms with Crippen molar-refractivity contribution in [3.8, 4) is 0 Å². The Balaban J connectivity index is 3.07. The topological polar surface area (TPSA) is 46.5 Å². The highest BCUT2D eigenvalue weighted by Crippen LogP contribution is 2.16. The Morgan fingerprint density at radius 2 is 0.771 bits per heavy atom. The molecule has 3 nitrogen and oxygen atoms in total. The van der Waals surface area contributed by atoms with E-state index >= 15 is 0 Å². The standard InChI is InChI=1S/C32H64O3/c1-2-3-4-5-6-7-8-9-10-11-12-13-14-15-16-17-18-19-20-21-22-23-24-25-26-29-32(34)35-31-28-27-30-33/h33H,2-31H2,1H3. The molecule has 35 heavy (non-hydrogen) atoms. The second-order valence-corrected chi connectivity index (χ2v) is 10.9. The van der Waals surface area contributed by atoms with Crippen LogP contribution in [0.5, 0.6) is 0 Å². The molecular weight excluding hydrogens is 432 g/mol. The van der Waals surface area contributed by atoms with Crippen LogP contribution in [0, 0.1) is 0 Å². The molecule has 0 fully saturated rings. The van der Waals surface area contributed by atoms with E-state index in [-0.39, 0.29) is 12.6 Å². The fraction of sp³-hybridized carbons (Fsp3) is 0.969. The van der Waals surface area contributed by atoms with Crippen LogP contribution >= 0.6 is 0 Å². The number of aliphatic hydroxyl groups is 1. The van der Waals surface area contributed by atoms with Crippen molar-refractivity contribution < 1.29 is 14.6 Å². The first kappa shape index (κ1) is 34.4. The summed E-state index contributed by atoms with van der Waals surface area (Å²) in [5.74, 6) is -0.0722. The maximum absolute atomic E-state index is 11.6. The van der Waals surface area contributed by atoms with Gasteiger partial charge in [0.25, 0.3) is 0 Å². The quantitative estimate of drug-likeness (QED) is 0.0794. The number of hydrogen-bond acceptors (Lipinski definition) is 3. The lowest BCUT2D eigenvalue weighted by Crippen LogP contribution is -2.06. The van der Waals surface area contributed by atoms with Gasteiger partial charge in [-0.15, -0.1) is 0 Å². The molecule has 1 N–H and O–H groups in total. The maximum Gasteiger partial charge on any atom is 0.305 e. The molecule has 0 aliphatic rings. The number of carbonyl (C=O) groups is 1. The van der Waals surface area contributed by atoms with Gasteiger partial charge >= 0.3 is 5.97 Å². The van der Waals surface area contributed by atoms with E-state index < -0.39 is 0 Å². The van der Waals surface area contributed by atoms with Gasteiger partial charge in [-0.2, -0.15) is 0 Å². The van der Waals surface area contributed by atoms with Crippen LogP contribution in [0.1, 0.15) is 187 Å². The maximum atomic E-state index is 11.6.